The molecule has 13 heteroatoms. The highest BCUT2D eigenvalue weighted by Crippen LogP contribution is 2.40. The summed E-state index contributed by atoms with van der Waals surface area (Å²) in [6, 6.07) is 1.88. The first-order valence-corrected chi connectivity index (χ1v) is 14.2. The lowest BCUT2D eigenvalue weighted by Gasteiger charge is -2.32. The standard InChI is InChI=1S/C28H31ClF2N8O2/c1-37-24-23(29)22(41-16-20-13-32-7-8-33-20)14-34-25(24)36-27(37)35-21-12-19(18-4-5-18)15-39(26(21)40)11-3-10-38-9-2-6-28(30,31)17-38/h7-8,12-16,18,33H,2-6,9-11,17H2,1H3,(H,34,35,36)/p+1/b20-16+. The third-order valence-electron chi connectivity index (χ3n) is 7.56. The van der Waals surface area contributed by atoms with Crippen molar-refractivity contribution in [1.82, 2.24) is 24.0 Å². The maximum absolute atomic E-state index is 13.8. The number of halogens is 3. The molecule has 2 fully saturated rings. The molecule has 10 nitrogen and oxygen atoms in total. The number of nitrogens with one attached hydrogen (secondary N) is 1. The summed E-state index contributed by atoms with van der Waals surface area (Å²) in [6.45, 7) is 1.42. The van der Waals surface area contributed by atoms with Crippen LogP contribution < -0.4 is 20.9 Å². The normalized spacial score (nSPS) is 19.8. The highest BCUT2D eigenvalue weighted by Gasteiger charge is 2.34. The molecule has 1 saturated heterocycles. The molecule has 0 unspecified atom stereocenters. The van der Waals surface area contributed by atoms with Gasteiger partial charge < -0.3 is 19.2 Å². The van der Waals surface area contributed by atoms with Crippen LogP contribution in [0.5, 0.6) is 5.75 Å². The second-order valence-electron chi connectivity index (χ2n) is 10.8. The smallest absolute Gasteiger partial charge is 0.274 e. The molecule has 3 aliphatic rings. The van der Waals surface area contributed by atoms with Crippen LogP contribution in [-0.4, -0.2) is 55.8 Å². The van der Waals surface area contributed by atoms with Crippen LogP contribution in [0.4, 0.5) is 20.4 Å². The Kier molecular flexibility index (Phi) is 7.62. The van der Waals surface area contributed by atoms with Crippen molar-refractivity contribution < 1.29 is 18.8 Å². The van der Waals surface area contributed by atoms with Crippen molar-refractivity contribution in [3.8, 4) is 5.75 Å². The minimum absolute atomic E-state index is 0.0530. The SMILES string of the molecule is Cn1c(Nc2cc(C3CC3)cn(CCCN3CCCC(F)(F)C3)c2=O)nc2ncc(O/C=C3\C=NC=C[NH2+]3)c(Cl)c21. The fourth-order valence-corrected chi connectivity index (χ4v) is 5.57. The number of ether oxygens (including phenoxy) is 1. The number of imidazole rings is 1. The van der Waals surface area contributed by atoms with Gasteiger partial charge in [0.1, 0.15) is 22.4 Å². The monoisotopic (exact) mass is 585 g/mol. The molecule has 0 bridgehead atoms. The van der Waals surface area contributed by atoms with Crippen LogP contribution in [0.25, 0.3) is 11.2 Å². The Hall–Kier alpha value is -3.61. The number of nitrogens with zero attached hydrogens (tertiary/aromatic N) is 6. The number of allylic oxidation sites excluding steroid dienone is 1. The predicted molar refractivity (Wildman–Crippen MR) is 153 cm³/mol. The molecule has 6 rings (SSSR count). The number of likely N-dealkylation sites (tertiary alicyclic amines) is 1. The number of piperidine rings is 1. The first-order valence-electron chi connectivity index (χ1n) is 13.8. The zero-order valence-electron chi connectivity index (χ0n) is 22.7. The minimum atomic E-state index is -2.63. The molecule has 3 aromatic rings. The Morgan fingerprint density at radius 1 is 1.32 bits per heavy atom. The number of fused-ring (bicyclic) bond motifs is 1. The summed E-state index contributed by atoms with van der Waals surface area (Å²) in [5.74, 6) is -1.45. The minimum Gasteiger partial charge on any atom is -0.455 e. The van der Waals surface area contributed by atoms with Crippen LogP contribution in [0.1, 0.15) is 43.6 Å². The van der Waals surface area contributed by atoms with E-state index in [1.807, 2.05) is 17.6 Å². The number of nitrogens with two attached hydrogens (primary N) is 1. The number of hydrogen-bond donors (Lipinski definition) is 2. The van der Waals surface area contributed by atoms with E-state index in [0.29, 0.717) is 72.0 Å². The van der Waals surface area contributed by atoms with Crippen molar-refractivity contribution >= 4 is 40.6 Å². The van der Waals surface area contributed by atoms with Crippen molar-refractivity contribution in [2.45, 2.75) is 50.5 Å². The number of hydrogen-bond acceptors (Lipinski definition) is 7. The molecule has 0 amide bonds. The molecule has 216 valence electrons. The summed E-state index contributed by atoms with van der Waals surface area (Å²) < 4.78 is 36.8. The van der Waals surface area contributed by atoms with Gasteiger partial charge in [-0.3, -0.25) is 20.0 Å². The van der Waals surface area contributed by atoms with E-state index in [0.717, 1.165) is 24.1 Å². The van der Waals surface area contributed by atoms with Gasteiger partial charge in [0, 0.05) is 32.8 Å². The Labute approximate surface area is 240 Å². The van der Waals surface area contributed by atoms with Crippen LogP contribution in [0.2, 0.25) is 5.02 Å². The molecular formula is C28H32ClF2N8O2+. The van der Waals surface area contributed by atoms with E-state index in [1.54, 1.807) is 46.0 Å². The molecule has 2 aliphatic heterocycles. The van der Waals surface area contributed by atoms with Crippen LogP contribution >= 0.6 is 11.6 Å². The number of aryl methyl sites for hydroxylation is 2. The average Bonchev–Trinajstić information content (AvgIpc) is 3.75. The van der Waals surface area contributed by atoms with Crippen molar-refractivity contribution in [1.29, 1.82) is 0 Å². The first kappa shape index (κ1) is 27.6. The summed E-state index contributed by atoms with van der Waals surface area (Å²) in [7, 11) is 1.79. The summed E-state index contributed by atoms with van der Waals surface area (Å²) in [6.07, 6.45) is 13.3. The van der Waals surface area contributed by atoms with Gasteiger partial charge in [0.2, 0.25) is 5.95 Å². The van der Waals surface area contributed by atoms with Crippen molar-refractivity contribution in [2.75, 3.05) is 25.0 Å². The number of quaternary nitrogens is 1. The summed E-state index contributed by atoms with van der Waals surface area (Å²) in [4.78, 5) is 28.3. The second kappa shape index (κ2) is 11.3. The summed E-state index contributed by atoms with van der Waals surface area (Å²) in [5, 5.41) is 5.40. The van der Waals surface area contributed by atoms with E-state index in [2.05, 4.69) is 20.3 Å². The molecule has 0 aromatic carbocycles. The number of alkyl halides is 2. The van der Waals surface area contributed by atoms with E-state index in [1.165, 1.54) is 6.20 Å². The van der Waals surface area contributed by atoms with Gasteiger partial charge in [-0.25, -0.2) is 13.8 Å². The molecule has 3 aromatic heterocycles. The number of aliphatic imine (C=N–C) groups is 1. The van der Waals surface area contributed by atoms with Gasteiger partial charge in [-0.15, -0.1) is 0 Å². The fraction of sp³-hybridized carbons (Fsp3) is 0.429. The van der Waals surface area contributed by atoms with Crippen LogP contribution in [0.3, 0.4) is 0 Å². The van der Waals surface area contributed by atoms with Gasteiger partial charge in [-0.2, -0.15) is 4.98 Å². The lowest BCUT2D eigenvalue weighted by molar-refractivity contribution is -0.527. The van der Waals surface area contributed by atoms with Gasteiger partial charge >= 0.3 is 0 Å². The molecule has 1 saturated carbocycles. The fourth-order valence-electron chi connectivity index (χ4n) is 5.26. The second-order valence-corrected chi connectivity index (χ2v) is 11.2. The first-order chi connectivity index (χ1) is 19.8. The van der Waals surface area contributed by atoms with E-state index in [-0.39, 0.29) is 18.5 Å². The van der Waals surface area contributed by atoms with Gasteiger partial charge in [-0.1, -0.05) is 11.6 Å². The summed E-state index contributed by atoms with van der Waals surface area (Å²) in [5.41, 5.74) is 3.02. The zero-order valence-corrected chi connectivity index (χ0v) is 23.4. The van der Waals surface area contributed by atoms with E-state index in [9.17, 15) is 13.6 Å². The third kappa shape index (κ3) is 6.19. The predicted octanol–water partition coefficient (Wildman–Crippen LogP) is 3.86. The van der Waals surface area contributed by atoms with Crippen LogP contribution in [0.15, 0.2) is 52.6 Å². The highest BCUT2D eigenvalue weighted by atomic mass is 35.5. The average molecular weight is 586 g/mol. The van der Waals surface area contributed by atoms with Gasteiger partial charge in [0.05, 0.1) is 25.2 Å². The number of pyridine rings is 2. The van der Waals surface area contributed by atoms with Crippen LogP contribution in [0, 0.1) is 0 Å². The van der Waals surface area contributed by atoms with Gasteiger partial charge in [0.25, 0.3) is 11.5 Å². The lowest BCUT2D eigenvalue weighted by atomic mass is 10.1. The van der Waals surface area contributed by atoms with E-state index >= 15 is 0 Å². The highest BCUT2D eigenvalue weighted by molar-refractivity contribution is 6.36. The molecule has 3 N–H and O–H groups in total. The molecule has 41 heavy (non-hydrogen) atoms. The van der Waals surface area contributed by atoms with E-state index < -0.39 is 5.92 Å². The summed E-state index contributed by atoms with van der Waals surface area (Å²) >= 11 is 6.69. The molecule has 0 atom stereocenters. The Balaban J connectivity index is 1.22. The van der Waals surface area contributed by atoms with Gasteiger partial charge in [0.15, 0.2) is 23.4 Å². The quantitative estimate of drug-likeness (QED) is 0.369. The van der Waals surface area contributed by atoms with E-state index in [4.69, 9.17) is 16.3 Å². The Morgan fingerprint density at radius 3 is 2.93 bits per heavy atom. The topological polar surface area (TPSA) is 106 Å². The maximum atomic E-state index is 13.8. The number of aromatic nitrogens is 4. The number of rotatable bonds is 9. The molecule has 0 radical (unpaired) electrons. The van der Waals surface area contributed by atoms with Crippen molar-refractivity contribution in [2.24, 2.45) is 12.0 Å². The molecule has 0 spiro atoms. The van der Waals surface area contributed by atoms with Crippen molar-refractivity contribution in [3.63, 3.8) is 0 Å². The van der Waals surface area contributed by atoms with Gasteiger partial charge in [-0.05, 0) is 49.8 Å². The maximum Gasteiger partial charge on any atom is 0.274 e. The largest absolute Gasteiger partial charge is 0.455 e. The lowest BCUT2D eigenvalue weighted by Crippen LogP contribution is -2.76. The van der Waals surface area contributed by atoms with Crippen LogP contribution in [-0.2, 0) is 13.6 Å². The number of anilines is 2. The molecule has 1 aliphatic carbocycles. The molecular weight excluding hydrogens is 554 g/mol. The third-order valence-corrected chi connectivity index (χ3v) is 7.92. The Bertz CT molecular complexity index is 1610. The Morgan fingerprint density at radius 2 is 2.17 bits per heavy atom. The molecule has 5 heterocycles. The van der Waals surface area contributed by atoms with Crippen molar-refractivity contribution in [3.05, 3.63) is 63.8 Å². The zero-order chi connectivity index (χ0) is 28.6.